The molecular formula is C14H21N3. The van der Waals surface area contributed by atoms with Crippen molar-refractivity contribution in [3.63, 3.8) is 0 Å². The molecule has 0 spiro atoms. The lowest BCUT2D eigenvalue weighted by Crippen LogP contribution is -2.29. The molecule has 3 heteroatoms. The smallest absolute Gasteiger partial charge is 0.0968 e. The molecule has 0 unspecified atom stereocenters. The molecule has 1 aliphatic rings. The van der Waals surface area contributed by atoms with Gasteiger partial charge in [0.15, 0.2) is 0 Å². The number of hydrogen-bond donors (Lipinski definition) is 3. The van der Waals surface area contributed by atoms with Gasteiger partial charge in [0.05, 0.1) is 5.82 Å². The first kappa shape index (κ1) is 11.8. The Morgan fingerprint density at radius 1 is 1.35 bits per heavy atom. The quantitative estimate of drug-likeness (QED) is 0.746. The van der Waals surface area contributed by atoms with Crippen LogP contribution < -0.4 is 16.4 Å². The van der Waals surface area contributed by atoms with Gasteiger partial charge in [-0.15, -0.1) is 0 Å². The Hall–Kier alpha value is -1.64. The van der Waals surface area contributed by atoms with E-state index in [1.54, 1.807) is 0 Å². The fourth-order valence-electron chi connectivity index (χ4n) is 2.31. The molecule has 0 atom stereocenters. The Labute approximate surface area is 103 Å². The van der Waals surface area contributed by atoms with Crippen LogP contribution in [0.5, 0.6) is 0 Å². The summed E-state index contributed by atoms with van der Waals surface area (Å²) in [6, 6.07) is 8.78. The van der Waals surface area contributed by atoms with Crippen LogP contribution in [0.25, 0.3) is 6.08 Å². The average Bonchev–Trinajstić information content (AvgIpc) is 2.82. The molecule has 0 bridgehead atoms. The Balaban J connectivity index is 2.00. The van der Waals surface area contributed by atoms with Gasteiger partial charge < -0.3 is 16.4 Å². The van der Waals surface area contributed by atoms with Crippen molar-refractivity contribution in [1.29, 1.82) is 0 Å². The minimum atomic E-state index is 0.568. The van der Waals surface area contributed by atoms with Crippen LogP contribution >= 0.6 is 0 Å². The highest BCUT2D eigenvalue weighted by Crippen LogP contribution is 2.18. The molecule has 0 amide bonds. The van der Waals surface area contributed by atoms with Crippen molar-refractivity contribution in [1.82, 2.24) is 5.32 Å². The molecule has 1 saturated carbocycles. The summed E-state index contributed by atoms with van der Waals surface area (Å²) >= 11 is 0. The summed E-state index contributed by atoms with van der Waals surface area (Å²) in [5.74, 6) is 0.769. The molecule has 92 valence electrons. The second-order valence-corrected chi connectivity index (χ2v) is 4.60. The second kappa shape index (κ2) is 5.62. The van der Waals surface area contributed by atoms with E-state index in [4.69, 9.17) is 5.73 Å². The van der Waals surface area contributed by atoms with Gasteiger partial charge in [-0.3, -0.25) is 0 Å². The molecule has 1 fully saturated rings. The van der Waals surface area contributed by atoms with E-state index in [-0.39, 0.29) is 0 Å². The molecule has 0 radical (unpaired) electrons. The van der Waals surface area contributed by atoms with Crippen LogP contribution in [0.2, 0.25) is 0 Å². The lowest BCUT2D eigenvalue weighted by atomic mass is 10.2. The highest BCUT2D eigenvalue weighted by atomic mass is 15.0. The van der Waals surface area contributed by atoms with Crippen molar-refractivity contribution >= 4 is 11.8 Å². The van der Waals surface area contributed by atoms with Gasteiger partial charge in [0.1, 0.15) is 0 Å². The Kier molecular flexibility index (Phi) is 3.91. The van der Waals surface area contributed by atoms with Crippen LogP contribution in [0.15, 0.2) is 30.1 Å². The zero-order chi connectivity index (χ0) is 12.1. The standard InChI is InChI=1S/C14H21N3/c1-16-13-8-4-5-11(9-13)10-14(15)17-12-6-2-3-7-12/h4-5,8-10,12,16-17H,2-3,6-7,15H2,1H3/b14-10+. The van der Waals surface area contributed by atoms with Crippen LogP contribution in [-0.2, 0) is 0 Å². The third kappa shape index (κ3) is 3.41. The topological polar surface area (TPSA) is 50.1 Å². The van der Waals surface area contributed by atoms with Crippen molar-refractivity contribution in [3.05, 3.63) is 35.6 Å². The lowest BCUT2D eigenvalue weighted by molar-refractivity contribution is 0.583. The van der Waals surface area contributed by atoms with E-state index in [1.807, 2.05) is 25.3 Å². The fraction of sp³-hybridized carbons (Fsp3) is 0.429. The molecule has 0 aromatic heterocycles. The number of anilines is 1. The van der Waals surface area contributed by atoms with Gasteiger partial charge in [-0.25, -0.2) is 0 Å². The van der Waals surface area contributed by atoms with Gasteiger partial charge in [0.25, 0.3) is 0 Å². The maximum Gasteiger partial charge on any atom is 0.0968 e. The number of hydrogen-bond acceptors (Lipinski definition) is 3. The number of nitrogens with two attached hydrogens (primary N) is 1. The maximum atomic E-state index is 6.01. The Bertz CT molecular complexity index is 392. The number of nitrogens with one attached hydrogen (secondary N) is 2. The van der Waals surface area contributed by atoms with Gasteiger partial charge >= 0.3 is 0 Å². The largest absolute Gasteiger partial charge is 0.388 e. The first-order chi connectivity index (χ1) is 8.28. The summed E-state index contributed by atoms with van der Waals surface area (Å²) in [6.07, 6.45) is 7.12. The molecule has 17 heavy (non-hydrogen) atoms. The fourth-order valence-corrected chi connectivity index (χ4v) is 2.31. The van der Waals surface area contributed by atoms with Crippen LogP contribution in [0.1, 0.15) is 31.2 Å². The van der Waals surface area contributed by atoms with Crippen LogP contribution in [0.3, 0.4) is 0 Å². The van der Waals surface area contributed by atoms with Crippen molar-refractivity contribution in [2.75, 3.05) is 12.4 Å². The van der Waals surface area contributed by atoms with Crippen molar-refractivity contribution in [3.8, 4) is 0 Å². The zero-order valence-corrected chi connectivity index (χ0v) is 10.4. The molecule has 1 aromatic carbocycles. The second-order valence-electron chi connectivity index (χ2n) is 4.60. The minimum absolute atomic E-state index is 0.568. The van der Waals surface area contributed by atoms with E-state index in [9.17, 15) is 0 Å². The van der Waals surface area contributed by atoms with Crippen LogP contribution in [-0.4, -0.2) is 13.1 Å². The van der Waals surface area contributed by atoms with Crippen LogP contribution in [0.4, 0.5) is 5.69 Å². The van der Waals surface area contributed by atoms with Gasteiger partial charge in [-0.05, 0) is 36.6 Å². The van der Waals surface area contributed by atoms with E-state index >= 15 is 0 Å². The molecule has 0 heterocycles. The molecule has 4 N–H and O–H groups in total. The van der Waals surface area contributed by atoms with E-state index in [1.165, 1.54) is 25.7 Å². The average molecular weight is 231 g/mol. The van der Waals surface area contributed by atoms with Gasteiger partial charge in [-0.1, -0.05) is 25.0 Å². The van der Waals surface area contributed by atoms with E-state index in [0.717, 1.165) is 17.1 Å². The van der Waals surface area contributed by atoms with Crippen molar-refractivity contribution in [2.45, 2.75) is 31.7 Å². The molecule has 1 aliphatic carbocycles. The van der Waals surface area contributed by atoms with Gasteiger partial charge in [-0.2, -0.15) is 0 Å². The van der Waals surface area contributed by atoms with E-state index in [2.05, 4.69) is 22.8 Å². The van der Waals surface area contributed by atoms with Crippen molar-refractivity contribution in [2.24, 2.45) is 5.73 Å². The van der Waals surface area contributed by atoms with Crippen LogP contribution in [0, 0.1) is 0 Å². The normalized spacial score (nSPS) is 17.1. The monoisotopic (exact) mass is 231 g/mol. The summed E-state index contributed by atoms with van der Waals surface area (Å²) < 4.78 is 0. The Morgan fingerprint density at radius 2 is 2.12 bits per heavy atom. The predicted molar refractivity (Wildman–Crippen MR) is 73.5 cm³/mol. The third-order valence-corrected chi connectivity index (χ3v) is 3.22. The molecule has 2 rings (SSSR count). The number of rotatable bonds is 4. The van der Waals surface area contributed by atoms with Gasteiger partial charge in [0.2, 0.25) is 0 Å². The summed E-state index contributed by atoms with van der Waals surface area (Å²) in [4.78, 5) is 0. The van der Waals surface area contributed by atoms with E-state index in [0.29, 0.717) is 6.04 Å². The Morgan fingerprint density at radius 3 is 2.82 bits per heavy atom. The van der Waals surface area contributed by atoms with E-state index < -0.39 is 0 Å². The predicted octanol–water partition coefficient (Wildman–Crippen LogP) is 2.52. The number of benzene rings is 1. The third-order valence-electron chi connectivity index (χ3n) is 3.22. The summed E-state index contributed by atoms with van der Waals surface area (Å²) in [5, 5.41) is 6.51. The van der Waals surface area contributed by atoms with Gasteiger partial charge in [0, 0.05) is 18.8 Å². The summed E-state index contributed by atoms with van der Waals surface area (Å²) in [7, 11) is 1.92. The lowest BCUT2D eigenvalue weighted by Gasteiger charge is -2.13. The highest BCUT2D eigenvalue weighted by Gasteiger charge is 2.14. The highest BCUT2D eigenvalue weighted by molar-refractivity contribution is 5.58. The van der Waals surface area contributed by atoms with Crippen molar-refractivity contribution < 1.29 is 0 Å². The summed E-state index contributed by atoms with van der Waals surface area (Å²) in [6.45, 7) is 0. The summed E-state index contributed by atoms with van der Waals surface area (Å²) in [5.41, 5.74) is 8.24. The molecular weight excluding hydrogens is 210 g/mol. The first-order valence-electron chi connectivity index (χ1n) is 6.29. The molecule has 3 nitrogen and oxygen atoms in total. The zero-order valence-electron chi connectivity index (χ0n) is 10.4. The first-order valence-corrected chi connectivity index (χ1v) is 6.29. The maximum absolute atomic E-state index is 6.01. The molecule has 0 aliphatic heterocycles. The molecule has 0 saturated heterocycles. The SMILES string of the molecule is CNc1cccc(/C=C(\N)NC2CCCC2)c1. The molecule has 1 aromatic rings. The minimum Gasteiger partial charge on any atom is -0.388 e.